The predicted octanol–water partition coefficient (Wildman–Crippen LogP) is 3.32. The quantitative estimate of drug-likeness (QED) is 0.330. The second kappa shape index (κ2) is 11.5. The molecule has 3 aromatic rings. The summed E-state index contributed by atoms with van der Waals surface area (Å²) in [7, 11) is 0. The van der Waals surface area contributed by atoms with Gasteiger partial charge in [0.1, 0.15) is 12.4 Å². The van der Waals surface area contributed by atoms with Gasteiger partial charge in [0.25, 0.3) is 5.56 Å². The zero-order valence-corrected chi connectivity index (χ0v) is 23.6. The van der Waals surface area contributed by atoms with Gasteiger partial charge in [0.05, 0.1) is 35.1 Å². The molecule has 0 radical (unpaired) electrons. The minimum absolute atomic E-state index is 0.141. The fraction of sp³-hybridized carbons (Fsp3) is 0.467. The Kier molecular flexibility index (Phi) is 8.41. The lowest BCUT2D eigenvalue weighted by molar-refractivity contribution is -0.157. The molecule has 214 valence electrons. The van der Waals surface area contributed by atoms with Gasteiger partial charge in [-0.2, -0.15) is 0 Å². The van der Waals surface area contributed by atoms with Crippen LogP contribution in [0.15, 0.2) is 16.9 Å². The molecule has 2 unspecified atom stereocenters. The Morgan fingerprint density at radius 3 is 2.48 bits per heavy atom. The molecule has 2 aliphatic heterocycles. The van der Waals surface area contributed by atoms with Gasteiger partial charge in [-0.15, -0.1) is 0 Å². The number of benzene rings is 1. The third-order valence-electron chi connectivity index (χ3n) is 7.63. The second-order valence-electron chi connectivity index (χ2n) is 10.6. The van der Waals surface area contributed by atoms with E-state index in [2.05, 4.69) is 0 Å². The van der Waals surface area contributed by atoms with Gasteiger partial charge in [0, 0.05) is 22.6 Å². The number of ether oxygens (including phenoxy) is 1. The highest BCUT2D eigenvalue weighted by atomic mass is 19.1. The number of amides is 1. The van der Waals surface area contributed by atoms with E-state index < -0.39 is 24.0 Å². The number of fused-ring (bicyclic) bond motifs is 5. The molecular formula is C30H37FN4O5. The fourth-order valence-electron chi connectivity index (χ4n) is 5.69. The Hall–Kier alpha value is -3.63. The average Bonchev–Trinajstić information content (AvgIpc) is 3.30. The molecule has 4 heterocycles. The number of aryl methyl sites for hydroxylation is 2. The summed E-state index contributed by atoms with van der Waals surface area (Å²) in [4.78, 5) is 39.9. The largest absolute Gasteiger partial charge is 0.458 e. The molecule has 2 aromatic heterocycles. The van der Waals surface area contributed by atoms with Crippen LogP contribution in [0.3, 0.4) is 0 Å². The van der Waals surface area contributed by atoms with Gasteiger partial charge in [0.2, 0.25) is 5.91 Å². The Labute approximate surface area is 232 Å². The van der Waals surface area contributed by atoms with Gasteiger partial charge in [-0.3, -0.25) is 9.59 Å². The average molecular weight is 553 g/mol. The zero-order chi connectivity index (χ0) is 29.5. The van der Waals surface area contributed by atoms with Crippen molar-refractivity contribution in [2.24, 2.45) is 17.4 Å². The summed E-state index contributed by atoms with van der Waals surface area (Å²) in [6.07, 6.45) is 1.79. The molecular weight excluding hydrogens is 515 g/mol. The van der Waals surface area contributed by atoms with Gasteiger partial charge in [-0.1, -0.05) is 27.7 Å². The first-order valence-corrected chi connectivity index (χ1v) is 13.8. The standard InChI is InChI=1S/C22H17FN2O4.C6H14N2O.C2H6/c1-9-10-3-2-4-11-13-7-25-17(19(13)24-16(18(10)11)6-15(9)23)5-12-14(21(25)27)8-29-22(28)20(12)26;1-4(2)3-5(7)6(8)9;1-2/h5-6,20,26H,2-4,7-8H2,1H3;4-5H,3,7H2,1-2H3,(H2,8,9);1-2H3. The maximum absolute atomic E-state index is 14.5. The van der Waals surface area contributed by atoms with E-state index in [1.54, 1.807) is 17.6 Å². The molecule has 0 fully saturated rings. The molecule has 6 rings (SSSR count). The molecule has 0 spiro atoms. The smallest absolute Gasteiger partial charge is 0.340 e. The molecule has 2 atom stereocenters. The minimum atomic E-state index is -1.48. The topological polar surface area (TPSA) is 151 Å². The molecule has 9 nitrogen and oxygen atoms in total. The summed E-state index contributed by atoms with van der Waals surface area (Å²) < 4.78 is 21.1. The molecule has 10 heteroatoms. The van der Waals surface area contributed by atoms with Crippen LogP contribution >= 0.6 is 0 Å². The van der Waals surface area contributed by atoms with Crippen molar-refractivity contribution >= 4 is 22.8 Å². The number of carbonyl (C=O) groups is 2. The first kappa shape index (κ1) is 29.4. The van der Waals surface area contributed by atoms with Crippen LogP contribution in [0.1, 0.15) is 80.0 Å². The highest BCUT2D eigenvalue weighted by Gasteiger charge is 2.35. The van der Waals surface area contributed by atoms with Gasteiger partial charge in [0.15, 0.2) is 6.10 Å². The molecule has 3 aliphatic rings. The molecule has 0 bridgehead atoms. The number of rotatable bonds is 3. The van der Waals surface area contributed by atoms with Crippen molar-refractivity contribution in [3.05, 3.63) is 61.7 Å². The molecule has 40 heavy (non-hydrogen) atoms. The van der Waals surface area contributed by atoms with Crippen LogP contribution in [-0.2, 0) is 40.3 Å². The molecule has 1 amide bonds. The molecule has 5 N–H and O–H groups in total. The molecule has 1 aliphatic carbocycles. The van der Waals surface area contributed by atoms with E-state index in [4.69, 9.17) is 21.2 Å². The Morgan fingerprint density at radius 1 is 1.18 bits per heavy atom. The van der Waals surface area contributed by atoms with Crippen molar-refractivity contribution in [2.75, 3.05) is 0 Å². The number of hydrogen-bond donors (Lipinski definition) is 3. The van der Waals surface area contributed by atoms with E-state index >= 15 is 0 Å². The van der Waals surface area contributed by atoms with Gasteiger partial charge >= 0.3 is 5.97 Å². The van der Waals surface area contributed by atoms with E-state index in [9.17, 15) is 23.9 Å². The predicted molar refractivity (Wildman–Crippen MR) is 150 cm³/mol. The van der Waals surface area contributed by atoms with E-state index in [0.717, 1.165) is 41.3 Å². The third-order valence-corrected chi connectivity index (χ3v) is 7.63. The molecule has 1 aromatic carbocycles. The van der Waals surface area contributed by atoms with E-state index in [1.165, 1.54) is 6.07 Å². The zero-order valence-electron chi connectivity index (χ0n) is 23.6. The monoisotopic (exact) mass is 552 g/mol. The van der Waals surface area contributed by atoms with Gasteiger partial charge < -0.3 is 25.9 Å². The Balaban J connectivity index is 0.000000290. The first-order valence-electron chi connectivity index (χ1n) is 13.8. The van der Waals surface area contributed by atoms with Crippen molar-refractivity contribution in [2.45, 2.75) is 85.6 Å². The maximum Gasteiger partial charge on any atom is 0.340 e. The summed E-state index contributed by atoms with van der Waals surface area (Å²) in [6.45, 7) is 10.1. The number of aliphatic hydroxyl groups is 1. The van der Waals surface area contributed by atoms with Crippen LogP contribution in [0.2, 0.25) is 0 Å². The van der Waals surface area contributed by atoms with Gasteiger partial charge in [-0.25, -0.2) is 14.2 Å². The summed E-state index contributed by atoms with van der Waals surface area (Å²) in [5, 5.41) is 11.2. The van der Waals surface area contributed by atoms with Crippen LogP contribution in [0, 0.1) is 18.7 Å². The number of cyclic esters (lactones) is 1. The van der Waals surface area contributed by atoms with Crippen LogP contribution in [0.4, 0.5) is 4.39 Å². The maximum atomic E-state index is 14.5. The number of pyridine rings is 2. The lowest BCUT2D eigenvalue weighted by Crippen LogP contribution is -2.37. The van der Waals surface area contributed by atoms with E-state index in [1.807, 2.05) is 27.7 Å². The fourth-order valence-corrected chi connectivity index (χ4v) is 5.69. The van der Waals surface area contributed by atoms with Crippen LogP contribution < -0.4 is 17.0 Å². The van der Waals surface area contributed by atoms with Crippen molar-refractivity contribution in [1.82, 2.24) is 9.55 Å². The molecule has 0 saturated carbocycles. The normalized spacial score (nSPS) is 17.0. The SMILES string of the molecule is CC.CC(C)CC(N)C(N)=O.Cc1c(F)cc2nc3c(c4c2c1CCC4)Cn1c-3cc2c(c1=O)COC(=O)C2O. The Bertz CT molecular complexity index is 1560. The van der Waals surface area contributed by atoms with Crippen LogP contribution in [-0.4, -0.2) is 32.6 Å². The third kappa shape index (κ3) is 5.01. The number of esters is 1. The van der Waals surface area contributed by atoms with Gasteiger partial charge in [-0.05, 0) is 61.3 Å². The minimum Gasteiger partial charge on any atom is -0.458 e. The number of carbonyl (C=O) groups excluding carboxylic acids is 2. The number of hydrogen-bond acceptors (Lipinski definition) is 7. The van der Waals surface area contributed by atoms with E-state index in [0.29, 0.717) is 46.9 Å². The van der Waals surface area contributed by atoms with Crippen LogP contribution in [0.5, 0.6) is 0 Å². The first-order chi connectivity index (χ1) is 19.0. The second-order valence-corrected chi connectivity index (χ2v) is 10.6. The number of nitrogens with two attached hydrogens (primary N) is 2. The number of aromatic nitrogens is 2. The lowest BCUT2D eigenvalue weighted by atomic mass is 9.85. The van der Waals surface area contributed by atoms with Crippen molar-refractivity contribution < 1.29 is 23.8 Å². The van der Waals surface area contributed by atoms with Crippen molar-refractivity contribution in [3.63, 3.8) is 0 Å². The molecule has 0 saturated heterocycles. The summed E-state index contributed by atoms with van der Waals surface area (Å²) in [5.74, 6) is -1.01. The number of aliphatic hydroxyl groups excluding tert-OH is 1. The highest BCUT2D eigenvalue weighted by Crippen LogP contribution is 2.41. The number of nitrogens with zero attached hydrogens (tertiary/aromatic N) is 2. The number of primary amides is 1. The van der Waals surface area contributed by atoms with Crippen molar-refractivity contribution in [3.8, 4) is 11.4 Å². The highest BCUT2D eigenvalue weighted by molar-refractivity contribution is 5.92. The van der Waals surface area contributed by atoms with Crippen LogP contribution in [0.25, 0.3) is 22.3 Å². The van der Waals surface area contributed by atoms with Crippen molar-refractivity contribution in [1.29, 1.82) is 0 Å². The number of halogens is 1. The summed E-state index contributed by atoms with van der Waals surface area (Å²) in [5.41, 5.74) is 16.1. The summed E-state index contributed by atoms with van der Waals surface area (Å²) in [6, 6.07) is 2.66. The summed E-state index contributed by atoms with van der Waals surface area (Å²) >= 11 is 0. The van der Waals surface area contributed by atoms with E-state index in [-0.39, 0.29) is 23.5 Å². The lowest BCUT2D eigenvalue weighted by Gasteiger charge is -2.22. The Morgan fingerprint density at radius 2 is 1.85 bits per heavy atom.